The van der Waals surface area contributed by atoms with Gasteiger partial charge < -0.3 is 29.9 Å². The number of nitrogens with one attached hydrogen (secondary N) is 2. The van der Waals surface area contributed by atoms with E-state index in [1.165, 1.54) is 0 Å². The largest absolute Gasteiger partial charge is 0.493 e. The number of ether oxygens (including phenoxy) is 2. The predicted octanol–water partition coefficient (Wildman–Crippen LogP) is 3.12. The topological polar surface area (TPSA) is 127 Å². The van der Waals surface area contributed by atoms with Gasteiger partial charge in [-0.3, -0.25) is 9.36 Å². The third-order valence-corrected chi connectivity index (χ3v) is 7.00. The van der Waals surface area contributed by atoms with Crippen molar-refractivity contribution in [3.8, 4) is 17.4 Å². The SMILES string of the molecule is CCCNC(=O)N1CCN(c2cc(C(C)C)nc(-n3ccnc3)n2)C(CC(=O)NCc2ccc(OC)c(OC)c2)C1. The van der Waals surface area contributed by atoms with E-state index in [0.717, 1.165) is 23.5 Å². The number of rotatable bonds is 11. The molecule has 2 N–H and O–H groups in total. The van der Waals surface area contributed by atoms with Gasteiger partial charge in [-0.1, -0.05) is 26.8 Å². The Hall–Kier alpha value is -4.35. The molecule has 1 aliphatic rings. The molecule has 3 amide bonds. The van der Waals surface area contributed by atoms with E-state index >= 15 is 0 Å². The summed E-state index contributed by atoms with van der Waals surface area (Å²) in [5.74, 6) is 2.51. The van der Waals surface area contributed by atoms with Gasteiger partial charge in [0.25, 0.3) is 0 Å². The summed E-state index contributed by atoms with van der Waals surface area (Å²) in [6, 6.07) is 7.12. The van der Waals surface area contributed by atoms with Crippen LogP contribution in [-0.2, 0) is 11.3 Å². The van der Waals surface area contributed by atoms with Crippen molar-refractivity contribution in [3.05, 3.63) is 54.2 Å². The number of carbonyl (C=O) groups is 2. The molecule has 1 aliphatic heterocycles. The highest BCUT2D eigenvalue weighted by Gasteiger charge is 2.32. The number of piperazine rings is 1. The number of imidazole rings is 1. The van der Waals surface area contributed by atoms with Crippen molar-refractivity contribution in [1.82, 2.24) is 35.1 Å². The third-order valence-electron chi connectivity index (χ3n) is 7.00. The maximum absolute atomic E-state index is 13.3. The molecule has 4 rings (SSSR count). The van der Waals surface area contributed by atoms with Gasteiger partial charge >= 0.3 is 6.03 Å². The number of hydrogen-bond donors (Lipinski definition) is 2. The van der Waals surface area contributed by atoms with Crippen LogP contribution in [0.2, 0.25) is 0 Å². The number of benzene rings is 1. The van der Waals surface area contributed by atoms with Crippen molar-refractivity contribution >= 4 is 17.8 Å². The van der Waals surface area contributed by atoms with Crippen molar-refractivity contribution in [2.24, 2.45) is 0 Å². The monoisotopic (exact) mass is 564 g/mol. The first-order valence-corrected chi connectivity index (χ1v) is 14.0. The molecule has 1 atom stereocenters. The molecular weight excluding hydrogens is 524 g/mol. The molecule has 220 valence electrons. The number of hydrogen-bond acceptors (Lipinski definition) is 8. The Morgan fingerprint density at radius 1 is 1.07 bits per heavy atom. The average Bonchev–Trinajstić information content (AvgIpc) is 3.53. The van der Waals surface area contributed by atoms with Crippen LogP contribution in [0.3, 0.4) is 0 Å². The quantitative estimate of drug-likeness (QED) is 0.364. The number of methoxy groups -OCH3 is 2. The molecule has 2 aromatic heterocycles. The second-order valence-corrected chi connectivity index (χ2v) is 10.3. The number of anilines is 1. The second kappa shape index (κ2) is 13.8. The summed E-state index contributed by atoms with van der Waals surface area (Å²) in [7, 11) is 3.16. The van der Waals surface area contributed by atoms with Crippen LogP contribution in [0.4, 0.5) is 10.6 Å². The van der Waals surface area contributed by atoms with Crippen LogP contribution in [0.5, 0.6) is 11.5 Å². The van der Waals surface area contributed by atoms with E-state index in [0.29, 0.717) is 50.2 Å². The van der Waals surface area contributed by atoms with Gasteiger partial charge in [-0.15, -0.1) is 0 Å². The molecule has 3 heterocycles. The first-order valence-electron chi connectivity index (χ1n) is 14.0. The van der Waals surface area contributed by atoms with E-state index in [4.69, 9.17) is 19.4 Å². The molecule has 41 heavy (non-hydrogen) atoms. The highest BCUT2D eigenvalue weighted by Crippen LogP contribution is 2.28. The van der Waals surface area contributed by atoms with Crippen LogP contribution < -0.4 is 25.0 Å². The molecule has 1 aromatic carbocycles. The molecule has 3 aromatic rings. The zero-order valence-corrected chi connectivity index (χ0v) is 24.5. The maximum Gasteiger partial charge on any atom is 0.317 e. The third kappa shape index (κ3) is 7.44. The van der Waals surface area contributed by atoms with Crippen molar-refractivity contribution in [2.45, 2.75) is 52.1 Å². The van der Waals surface area contributed by atoms with Crippen LogP contribution >= 0.6 is 0 Å². The number of carbonyl (C=O) groups excluding carboxylic acids is 2. The van der Waals surface area contributed by atoms with E-state index in [-0.39, 0.29) is 30.3 Å². The lowest BCUT2D eigenvalue weighted by atomic mass is 10.1. The summed E-state index contributed by atoms with van der Waals surface area (Å²) in [5, 5.41) is 5.98. The van der Waals surface area contributed by atoms with Crippen LogP contribution in [0.15, 0.2) is 43.0 Å². The Kier molecular flexibility index (Phi) is 9.99. The predicted molar refractivity (Wildman–Crippen MR) is 156 cm³/mol. The van der Waals surface area contributed by atoms with Crippen LogP contribution in [0, 0.1) is 0 Å². The van der Waals surface area contributed by atoms with Crippen molar-refractivity contribution in [2.75, 3.05) is 45.3 Å². The molecule has 0 radical (unpaired) electrons. The number of amides is 3. The Labute approximate surface area is 241 Å². The molecule has 12 heteroatoms. The van der Waals surface area contributed by atoms with E-state index in [1.807, 2.05) is 31.2 Å². The van der Waals surface area contributed by atoms with Gasteiger partial charge in [0.05, 0.1) is 26.0 Å². The molecule has 1 unspecified atom stereocenters. The first kappa shape index (κ1) is 29.6. The number of urea groups is 1. The molecule has 0 spiro atoms. The minimum Gasteiger partial charge on any atom is -0.493 e. The van der Waals surface area contributed by atoms with Crippen LogP contribution in [0.25, 0.3) is 5.95 Å². The van der Waals surface area contributed by atoms with Gasteiger partial charge in [-0.2, -0.15) is 4.98 Å². The highest BCUT2D eigenvalue weighted by molar-refractivity contribution is 5.78. The van der Waals surface area contributed by atoms with Crippen LogP contribution in [0.1, 0.15) is 50.8 Å². The number of nitrogens with zero attached hydrogens (tertiary/aromatic N) is 6. The van der Waals surface area contributed by atoms with Crippen molar-refractivity contribution in [1.29, 1.82) is 0 Å². The lowest BCUT2D eigenvalue weighted by Crippen LogP contribution is -2.58. The normalized spacial score (nSPS) is 15.1. The smallest absolute Gasteiger partial charge is 0.317 e. The van der Waals surface area contributed by atoms with Gasteiger partial charge in [-0.25, -0.2) is 14.8 Å². The summed E-state index contributed by atoms with van der Waals surface area (Å²) in [4.78, 5) is 43.7. The van der Waals surface area contributed by atoms with E-state index in [1.54, 1.807) is 42.4 Å². The van der Waals surface area contributed by atoms with Crippen molar-refractivity contribution < 1.29 is 19.1 Å². The highest BCUT2D eigenvalue weighted by atomic mass is 16.5. The average molecular weight is 565 g/mol. The Morgan fingerprint density at radius 2 is 1.88 bits per heavy atom. The summed E-state index contributed by atoms with van der Waals surface area (Å²) in [6.07, 6.45) is 6.19. The number of aromatic nitrogens is 4. The van der Waals surface area contributed by atoms with Gasteiger partial charge in [0, 0.05) is 57.6 Å². The molecule has 1 fully saturated rings. The van der Waals surface area contributed by atoms with Gasteiger partial charge in [0.2, 0.25) is 11.9 Å². The molecule has 0 bridgehead atoms. The molecule has 12 nitrogen and oxygen atoms in total. The lowest BCUT2D eigenvalue weighted by Gasteiger charge is -2.42. The molecule has 0 saturated carbocycles. The Balaban J connectivity index is 1.56. The lowest BCUT2D eigenvalue weighted by molar-refractivity contribution is -0.121. The van der Waals surface area contributed by atoms with Gasteiger partial charge in [0.1, 0.15) is 12.1 Å². The van der Waals surface area contributed by atoms with Gasteiger partial charge in [-0.05, 0) is 30.0 Å². The minimum absolute atomic E-state index is 0.119. The maximum atomic E-state index is 13.3. The molecule has 1 saturated heterocycles. The summed E-state index contributed by atoms with van der Waals surface area (Å²) in [5.41, 5.74) is 1.78. The van der Waals surface area contributed by atoms with E-state index in [9.17, 15) is 9.59 Å². The van der Waals surface area contributed by atoms with E-state index in [2.05, 4.69) is 34.4 Å². The Morgan fingerprint density at radius 3 is 2.56 bits per heavy atom. The fourth-order valence-corrected chi connectivity index (χ4v) is 4.71. The minimum atomic E-state index is -0.285. The molecular formula is C29H40N8O4. The zero-order chi connectivity index (χ0) is 29.4. The Bertz CT molecular complexity index is 1310. The standard InChI is InChI=1S/C29H40N8O4/c1-6-9-31-29(39)35-12-13-37(26-16-23(20(2)3)33-28(34-26)36-11-10-30-19-36)22(18-35)15-27(38)32-17-21-7-8-24(40-4)25(14-21)41-5/h7-8,10-11,14,16,19-20,22H,6,9,12-13,15,17-18H2,1-5H3,(H,31,39)(H,32,38). The summed E-state index contributed by atoms with van der Waals surface area (Å²) in [6.45, 7) is 8.56. The van der Waals surface area contributed by atoms with Crippen molar-refractivity contribution in [3.63, 3.8) is 0 Å². The van der Waals surface area contributed by atoms with Gasteiger partial charge in [0.15, 0.2) is 11.5 Å². The van der Waals surface area contributed by atoms with Crippen LogP contribution in [-0.4, -0.2) is 82.8 Å². The summed E-state index contributed by atoms with van der Waals surface area (Å²) < 4.78 is 12.5. The fraction of sp³-hybridized carbons (Fsp3) is 0.483. The first-order chi connectivity index (χ1) is 19.8. The zero-order valence-electron chi connectivity index (χ0n) is 24.5. The van der Waals surface area contributed by atoms with E-state index < -0.39 is 0 Å². The summed E-state index contributed by atoms with van der Waals surface area (Å²) >= 11 is 0. The fourth-order valence-electron chi connectivity index (χ4n) is 4.71. The second-order valence-electron chi connectivity index (χ2n) is 10.3. The molecule has 0 aliphatic carbocycles.